The first kappa shape index (κ1) is 16.8. The van der Waals surface area contributed by atoms with Gasteiger partial charge in [-0.05, 0) is 12.1 Å². The smallest absolute Gasteiger partial charge is 0.275 e. The summed E-state index contributed by atoms with van der Waals surface area (Å²) in [6.45, 7) is 0. The summed E-state index contributed by atoms with van der Waals surface area (Å²) < 4.78 is 0.692. The van der Waals surface area contributed by atoms with Gasteiger partial charge in [0.2, 0.25) is 0 Å². The van der Waals surface area contributed by atoms with E-state index in [1.54, 1.807) is 17.8 Å². The molecule has 0 aliphatic heterocycles. The number of rotatable bonds is 4. The van der Waals surface area contributed by atoms with Crippen molar-refractivity contribution in [3.8, 4) is 21.3 Å². The second kappa shape index (κ2) is 7.33. The van der Waals surface area contributed by atoms with Crippen LogP contribution in [0, 0.1) is 0 Å². The molecule has 0 spiro atoms. The summed E-state index contributed by atoms with van der Waals surface area (Å²) in [5.41, 5.74) is 1.79. The second-order valence-corrected chi connectivity index (χ2v) is 7.83. The lowest BCUT2D eigenvalue weighted by molar-refractivity contribution is 0.102. The van der Waals surface area contributed by atoms with Crippen molar-refractivity contribution in [1.29, 1.82) is 0 Å². The summed E-state index contributed by atoms with van der Waals surface area (Å²) in [7, 11) is 0. The van der Waals surface area contributed by atoms with Gasteiger partial charge in [0.25, 0.3) is 5.91 Å². The number of carbonyl (C=O) groups is 1. The lowest BCUT2D eigenvalue weighted by Crippen LogP contribution is -2.12. The quantitative estimate of drug-likeness (QED) is 0.510. The fourth-order valence-corrected chi connectivity index (χ4v) is 4.16. The van der Waals surface area contributed by atoms with Crippen molar-refractivity contribution in [2.24, 2.45) is 0 Å². The predicted octanol–water partition coefficient (Wildman–Crippen LogP) is 5.23. The number of amides is 1. The van der Waals surface area contributed by atoms with E-state index in [0.29, 0.717) is 21.5 Å². The minimum atomic E-state index is -0.300. The Labute approximate surface area is 162 Å². The maximum atomic E-state index is 12.4. The summed E-state index contributed by atoms with van der Waals surface area (Å²) >= 11 is 8.78. The van der Waals surface area contributed by atoms with Crippen LogP contribution in [-0.4, -0.2) is 20.9 Å². The number of aromatic nitrogens is 3. The predicted molar refractivity (Wildman–Crippen MR) is 106 cm³/mol. The number of hydrogen-bond donors (Lipinski definition) is 1. The molecule has 1 amide bonds. The molecule has 8 heteroatoms. The Bertz CT molecular complexity index is 1040. The van der Waals surface area contributed by atoms with E-state index in [4.69, 9.17) is 11.6 Å². The van der Waals surface area contributed by atoms with Gasteiger partial charge in [0, 0.05) is 10.9 Å². The summed E-state index contributed by atoms with van der Waals surface area (Å²) in [4.78, 5) is 26.3. The highest BCUT2D eigenvalue weighted by Gasteiger charge is 2.14. The van der Waals surface area contributed by atoms with Crippen LogP contribution in [0.2, 0.25) is 4.34 Å². The molecular weight excluding hydrogens is 388 g/mol. The number of thiophene rings is 1. The molecule has 0 saturated carbocycles. The minimum absolute atomic E-state index is 0.300. The van der Waals surface area contributed by atoms with E-state index in [9.17, 15) is 4.79 Å². The maximum absolute atomic E-state index is 12.4. The number of nitrogens with one attached hydrogen (secondary N) is 1. The summed E-state index contributed by atoms with van der Waals surface area (Å²) in [5.74, 6) is 0.306. The molecule has 0 bridgehead atoms. The molecule has 26 heavy (non-hydrogen) atoms. The topological polar surface area (TPSA) is 67.8 Å². The van der Waals surface area contributed by atoms with E-state index in [2.05, 4.69) is 20.3 Å². The van der Waals surface area contributed by atoms with Gasteiger partial charge in [-0.15, -0.1) is 22.7 Å². The molecular formula is C18H11ClN4OS2. The summed E-state index contributed by atoms with van der Waals surface area (Å²) in [6.07, 6.45) is 3.17. The van der Waals surface area contributed by atoms with Crippen molar-refractivity contribution in [3.05, 3.63) is 70.3 Å². The molecule has 128 valence electrons. The van der Waals surface area contributed by atoms with Gasteiger partial charge in [0.15, 0.2) is 5.82 Å². The number of carbonyl (C=O) groups excluding carboxylic acids is 1. The molecule has 0 aliphatic carbocycles. The molecule has 5 nitrogen and oxygen atoms in total. The Morgan fingerprint density at radius 3 is 2.50 bits per heavy atom. The minimum Gasteiger partial charge on any atom is -0.318 e. The number of thiazole rings is 1. The molecule has 0 unspecified atom stereocenters. The van der Waals surface area contributed by atoms with Crippen molar-refractivity contribution in [2.45, 2.75) is 0 Å². The van der Waals surface area contributed by atoms with E-state index in [1.165, 1.54) is 22.7 Å². The lowest BCUT2D eigenvalue weighted by atomic mass is 10.2. The van der Waals surface area contributed by atoms with Crippen molar-refractivity contribution in [3.63, 3.8) is 0 Å². The third kappa shape index (κ3) is 3.65. The highest BCUT2D eigenvalue weighted by atomic mass is 35.5. The normalized spacial score (nSPS) is 10.7. The Balaban J connectivity index is 1.47. The molecule has 0 saturated heterocycles. The summed E-state index contributed by atoms with van der Waals surface area (Å²) in [5, 5.41) is 5.25. The van der Waals surface area contributed by atoms with Crippen LogP contribution in [0.15, 0.2) is 60.2 Å². The first-order valence-electron chi connectivity index (χ1n) is 7.59. The van der Waals surface area contributed by atoms with Crippen LogP contribution >= 0.6 is 34.3 Å². The fourth-order valence-electron chi connectivity index (χ4n) is 2.24. The van der Waals surface area contributed by atoms with Crippen LogP contribution < -0.4 is 5.32 Å². The van der Waals surface area contributed by atoms with E-state index in [-0.39, 0.29) is 5.91 Å². The third-order valence-corrected chi connectivity index (χ3v) is 5.71. The highest BCUT2D eigenvalue weighted by molar-refractivity contribution is 7.23. The van der Waals surface area contributed by atoms with Crippen LogP contribution in [0.3, 0.4) is 0 Å². The Morgan fingerprint density at radius 1 is 1.04 bits per heavy atom. The van der Waals surface area contributed by atoms with Gasteiger partial charge in [-0.2, -0.15) is 0 Å². The van der Waals surface area contributed by atoms with E-state index < -0.39 is 0 Å². The first-order chi connectivity index (χ1) is 12.7. The number of hydrogen-bond acceptors (Lipinski definition) is 6. The van der Waals surface area contributed by atoms with E-state index >= 15 is 0 Å². The zero-order valence-electron chi connectivity index (χ0n) is 13.2. The number of anilines is 1. The first-order valence-corrected chi connectivity index (χ1v) is 9.66. The Kier molecular flexibility index (Phi) is 4.75. The Hall–Kier alpha value is -2.61. The van der Waals surface area contributed by atoms with Crippen LogP contribution in [0.5, 0.6) is 0 Å². The number of halogens is 1. The van der Waals surface area contributed by atoms with Crippen LogP contribution in [-0.2, 0) is 0 Å². The molecule has 3 heterocycles. The van der Waals surface area contributed by atoms with Gasteiger partial charge in [0.05, 0.1) is 27.3 Å². The van der Waals surface area contributed by atoms with Crippen molar-refractivity contribution in [2.75, 3.05) is 5.32 Å². The molecule has 0 atom stereocenters. The van der Waals surface area contributed by atoms with Crippen LogP contribution in [0.25, 0.3) is 21.3 Å². The van der Waals surface area contributed by atoms with Gasteiger partial charge in [-0.25, -0.2) is 15.0 Å². The van der Waals surface area contributed by atoms with Gasteiger partial charge >= 0.3 is 0 Å². The second-order valence-electron chi connectivity index (χ2n) is 5.26. The molecule has 0 aliphatic rings. The van der Waals surface area contributed by atoms with Crippen molar-refractivity contribution in [1.82, 2.24) is 15.0 Å². The van der Waals surface area contributed by atoms with E-state index in [0.717, 1.165) is 15.4 Å². The SMILES string of the molecule is O=C(Nc1cnc(-c2ccccc2)nc1)c1csc(-c2ccc(Cl)s2)n1. The van der Waals surface area contributed by atoms with Crippen LogP contribution in [0.1, 0.15) is 10.5 Å². The largest absolute Gasteiger partial charge is 0.318 e. The zero-order chi connectivity index (χ0) is 17.9. The molecule has 0 radical (unpaired) electrons. The molecule has 4 aromatic rings. The molecule has 4 rings (SSSR count). The Morgan fingerprint density at radius 2 is 1.81 bits per heavy atom. The molecule has 3 aromatic heterocycles. The fraction of sp³-hybridized carbons (Fsp3) is 0. The standard InChI is InChI=1S/C18H11ClN4OS2/c19-15-7-6-14(26-15)18-23-13(10-25-18)17(24)22-12-8-20-16(21-9-12)11-4-2-1-3-5-11/h1-10H,(H,22,24). The maximum Gasteiger partial charge on any atom is 0.275 e. The number of benzene rings is 1. The zero-order valence-corrected chi connectivity index (χ0v) is 15.6. The molecule has 1 aromatic carbocycles. The van der Waals surface area contributed by atoms with Gasteiger partial charge < -0.3 is 5.32 Å². The molecule has 1 N–H and O–H groups in total. The van der Waals surface area contributed by atoms with Gasteiger partial charge in [0.1, 0.15) is 10.7 Å². The summed E-state index contributed by atoms with van der Waals surface area (Å²) in [6, 6.07) is 13.4. The monoisotopic (exact) mass is 398 g/mol. The molecule has 0 fully saturated rings. The average Bonchev–Trinajstić information content (AvgIpc) is 3.32. The third-order valence-electron chi connectivity index (χ3n) is 3.46. The van der Waals surface area contributed by atoms with Gasteiger partial charge in [-0.3, -0.25) is 4.79 Å². The average molecular weight is 399 g/mol. The lowest BCUT2D eigenvalue weighted by Gasteiger charge is -2.04. The van der Waals surface area contributed by atoms with Gasteiger partial charge in [-0.1, -0.05) is 41.9 Å². The highest BCUT2D eigenvalue weighted by Crippen LogP contribution is 2.33. The van der Waals surface area contributed by atoms with E-state index in [1.807, 2.05) is 42.5 Å². The van der Waals surface area contributed by atoms with Crippen LogP contribution in [0.4, 0.5) is 5.69 Å². The number of nitrogens with zero attached hydrogens (tertiary/aromatic N) is 3. The van der Waals surface area contributed by atoms with Crippen molar-refractivity contribution < 1.29 is 4.79 Å². The van der Waals surface area contributed by atoms with Crippen molar-refractivity contribution >= 4 is 45.9 Å².